The minimum atomic E-state index is -0.441. The lowest BCUT2D eigenvalue weighted by molar-refractivity contribution is -0.126. The first kappa shape index (κ1) is 18.4. The smallest absolute Gasteiger partial charge is 0.229 e. The van der Waals surface area contributed by atoms with E-state index in [1.54, 1.807) is 19.1 Å². The minimum absolute atomic E-state index is 0.127. The van der Waals surface area contributed by atoms with Crippen LogP contribution in [0.25, 0.3) is 0 Å². The minimum Gasteiger partial charge on any atom is -0.352 e. The van der Waals surface area contributed by atoms with Crippen LogP contribution in [0.2, 0.25) is 0 Å². The molecule has 6 nitrogen and oxygen atoms in total. The van der Waals surface area contributed by atoms with Gasteiger partial charge in [-0.3, -0.25) is 14.5 Å². The van der Waals surface area contributed by atoms with Crippen molar-refractivity contribution in [2.45, 2.75) is 39.7 Å². The van der Waals surface area contributed by atoms with E-state index >= 15 is 0 Å². The van der Waals surface area contributed by atoms with E-state index in [0.29, 0.717) is 22.8 Å². The molecular weight excluding hydrogens is 355 g/mol. The molecule has 2 aromatic rings. The highest BCUT2D eigenvalue weighted by atomic mass is 32.1. The Labute approximate surface area is 155 Å². The number of halogens is 1. The van der Waals surface area contributed by atoms with E-state index < -0.39 is 5.92 Å². The Bertz CT molecular complexity index is 836. The van der Waals surface area contributed by atoms with Gasteiger partial charge >= 0.3 is 0 Å². The van der Waals surface area contributed by atoms with Gasteiger partial charge in [0.1, 0.15) is 10.8 Å². The SMILES string of the molecule is Cc1ccc(CNC(=O)C2CC(=O)N(c3nnc(C(C)C)s3)C2)cc1F. The van der Waals surface area contributed by atoms with Gasteiger partial charge in [0.15, 0.2) is 0 Å². The molecule has 1 aliphatic rings. The largest absolute Gasteiger partial charge is 0.352 e. The summed E-state index contributed by atoms with van der Waals surface area (Å²) in [5, 5.41) is 12.4. The fourth-order valence-electron chi connectivity index (χ4n) is 2.72. The molecule has 1 N–H and O–H groups in total. The monoisotopic (exact) mass is 376 g/mol. The average Bonchev–Trinajstić information content (AvgIpc) is 3.22. The molecule has 0 spiro atoms. The highest BCUT2D eigenvalue weighted by Crippen LogP contribution is 2.30. The summed E-state index contributed by atoms with van der Waals surface area (Å²) in [6.45, 7) is 6.24. The van der Waals surface area contributed by atoms with Crippen molar-refractivity contribution in [1.29, 1.82) is 0 Å². The molecule has 0 aliphatic carbocycles. The molecule has 8 heteroatoms. The maximum Gasteiger partial charge on any atom is 0.229 e. The molecule has 0 bridgehead atoms. The van der Waals surface area contributed by atoms with E-state index in [4.69, 9.17) is 0 Å². The summed E-state index contributed by atoms with van der Waals surface area (Å²) in [7, 11) is 0. The lowest BCUT2D eigenvalue weighted by atomic mass is 10.1. The van der Waals surface area contributed by atoms with E-state index in [2.05, 4.69) is 15.5 Å². The molecule has 1 aromatic carbocycles. The van der Waals surface area contributed by atoms with Crippen LogP contribution < -0.4 is 10.2 Å². The van der Waals surface area contributed by atoms with Gasteiger partial charge in [0.05, 0.1) is 5.92 Å². The first-order valence-corrected chi connectivity index (χ1v) is 9.33. The molecule has 1 unspecified atom stereocenters. The molecule has 138 valence electrons. The van der Waals surface area contributed by atoms with Crippen molar-refractivity contribution in [3.63, 3.8) is 0 Å². The van der Waals surface area contributed by atoms with Crippen molar-refractivity contribution >= 4 is 28.3 Å². The zero-order valence-corrected chi connectivity index (χ0v) is 15.8. The predicted molar refractivity (Wildman–Crippen MR) is 97.4 cm³/mol. The molecule has 26 heavy (non-hydrogen) atoms. The van der Waals surface area contributed by atoms with Crippen molar-refractivity contribution in [2.75, 3.05) is 11.4 Å². The highest BCUT2D eigenvalue weighted by molar-refractivity contribution is 7.15. The third kappa shape index (κ3) is 3.90. The normalized spacial score (nSPS) is 17.2. The van der Waals surface area contributed by atoms with Gasteiger partial charge in [-0.05, 0) is 24.1 Å². The first-order chi connectivity index (χ1) is 12.3. The fraction of sp³-hybridized carbons (Fsp3) is 0.444. The number of nitrogens with zero attached hydrogens (tertiary/aromatic N) is 3. The van der Waals surface area contributed by atoms with Gasteiger partial charge in [0.2, 0.25) is 16.9 Å². The molecule has 2 heterocycles. The van der Waals surface area contributed by atoms with Crippen LogP contribution in [0.3, 0.4) is 0 Å². The van der Waals surface area contributed by atoms with Crippen LogP contribution in [-0.2, 0) is 16.1 Å². The third-order valence-corrected chi connectivity index (χ3v) is 5.60. The summed E-state index contributed by atoms with van der Waals surface area (Å²) in [6, 6.07) is 4.87. The number of carbonyl (C=O) groups is 2. The van der Waals surface area contributed by atoms with Crippen LogP contribution >= 0.6 is 11.3 Å². The Balaban J connectivity index is 1.60. The second-order valence-electron chi connectivity index (χ2n) is 6.78. The number of aromatic nitrogens is 2. The van der Waals surface area contributed by atoms with Crippen molar-refractivity contribution in [3.8, 4) is 0 Å². The van der Waals surface area contributed by atoms with Crippen molar-refractivity contribution in [2.24, 2.45) is 5.92 Å². The number of amides is 2. The molecule has 1 aliphatic heterocycles. The first-order valence-electron chi connectivity index (χ1n) is 8.51. The second-order valence-corrected chi connectivity index (χ2v) is 7.77. The van der Waals surface area contributed by atoms with Crippen LogP contribution in [0.4, 0.5) is 9.52 Å². The molecule has 2 amide bonds. The molecule has 1 saturated heterocycles. The van der Waals surface area contributed by atoms with Gasteiger partial charge in [-0.15, -0.1) is 10.2 Å². The van der Waals surface area contributed by atoms with Crippen molar-refractivity contribution < 1.29 is 14.0 Å². The molecule has 1 aromatic heterocycles. The maximum absolute atomic E-state index is 13.6. The van der Waals surface area contributed by atoms with Gasteiger partial charge in [0.25, 0.3) is 0 Å². The predicted octanol–water partition coefficient (Wildman–Crippen LogP) is 2.78. The summed E-state index contributed by atoms with van der Waals surface area (Å²) >= 11 is 1.38. The number of nitrogens with one attached hydrogen (secondary N) is 1. The van der Waals surface area contributed by atoms with Crippen molar-refractivity contribution in [1.82, 2.24) is 15.5 Å². The summed E-state index contributed by atoms with van der Waals surface area (Å²) in [6.07, 6.45) is 0.144. The van der Waals surface area contributed by atoms with Gasteiger partial charge in [0, 0.05) is 25.4 Å². The summed E-state index contributed by atoms with van der Waals surface area (Å²) in [5.41, 5.74) is 1.25. The number of hydrogen-bond acceptors (Lipinski definition) is 5. The summed E-state index contributed by atoms with van der Waals surface area (Å²) in [5.74, 6) is -0.832. The average molecular weight is 376 g/mol. The Morgan fingerprint density at radius 3 is 2.85 bits per heavy atom. The van der Waals surface area contributed by atoms with Gasteiger partial charge in [-0.1, -0.05) is 37.3 Å². The van der Waals surface area contributed by atoms with Gasteiger partial charge in [-0.25, -0.2) is 4.39 Å². The van der Waals surface area contributed by atoms with Crippen LogP contribution in [0.5, 0.6) is 0 Å². The van der Waals surface area contributed by atoms with Crippen molar-refractivity contribution in [3.05, 3.63) is 40.2 Å². The summed E-state index contributed by atoms with van der Waals surface area (Å²) < 4.78 is 13.6. The molecular formula is C18H21FN4O2S. The van der Waals surface area contributed by atoms with Crippen LogP contribution in [0.15, 0.2) is 18.2 Å². The van der Waals surface area contributed by atoms with E-state index in [0.717, 1.165) is 5.01 Å². The lowest BCUT2D eigenvalue weighted by Gasteiger charge is -2.13. The Morgan fingerprint density at radius 2 is 2.19 bits per heavy atom. The van der Waals surface area contributed by atoms with E-state index in [1.807, 2.05) is 13.8 Å². The zero-order valence-electron chi connectivity index (χ0n) is 15.0. The standard InChI is InChI=1S/C18H21FN4O2S/c1-10(2)17-21-22-18(26-17)23-9-13(7-15(23)24)16(25)20-8-12-5-4-11(3)14(19)6-12/h4-6,10,13H,7-9H2,1-3H3,(H,20,25). The van der Waals surface area contributed by atoms with E-state index in [9.17, 15) is 14.0 Å². The molecule has 3 rings (SSSR count). The zero-order chi connectivity index (χ0) is 18.8. The van der Waals surface area contributed by atoms with E-state index in [-0.39, 0.29) is 36.5 Å². The molecule has 0 saturated carbocycles. The van der Waals surface area contributed by atoms with E-state index in [1.165, 1.54) is 22.3 Å². The highest BCUT2D eigenvalue weighted by Gasteiger charge is 2.36. The maximum atomic E-state index is 13.6. The third-order valence-electron chi connectivity index (χ3n) is 4.35. The number of benzene rings is 1. The number of aryl methyl sites for hydroxylation is 1. The lowest BCUT2D eigenvalue weighted by Crippen LogP contribution is -2.32. The quantitative estimate of drug-likeness (QED) is 0.871. The molecule has 1 fully saturated rings. The number of rotatable bonds is 5. The molecule has 1 atom stereocenters. The van der Waals surface area contributed by atoms with Crippen LogP contribution in [0, 0.1) is 18.7 Å². The Kier molecular flexibility index (Phi) is 5.31. The number of anilines is 1. The Morgan fingerprint density at radius 1 is 1.42 bits per heavy atom. The van der Waals surface area contributed by atoms with Gasteiger partial charge in [-0.2, -0.15) is 0 Å². The molecule has 0 radical (unpaired) electrons. The fourth-order valence-corrected chi connectivity index (χ4v) is 3.59. The number of carbonyl (C=O) groups excluding carboxylic acids is 2. The second kappa shape index (κ2) is 7.49. The number of hydrogen-bond donors (Lipinski definition) is 1. The Hall–Kier alpha value is -2.35. The van der Waals surface area contributed by atoms with Crippen LogP contribution in [-0.4, -0.2) is 28.6 Å². The summed E-state index contributed by atoms with van der Waals surface area (Å²) in [4.78, 5) is 26.2. The van der Waals surface area contributed by atoms with Crippen LogP contribution in [0.1, 0.15) is 42.3 Å². The van der Waals surface area contributed by atoms with Gasteiger partial charge < -0.3 is 5.32 Å². The topological polar surface area (TPSA) is 75.2 Å².